The van der Waals surface area contributed by atoms with Crippen LogP contribution in [0.2, 0.25) is 5.02 Å². The van der Waals surface area contributed by atoms with Gasteiger partial charge in [0.1, 0.15) is 59.9 Å². The van der Waals surface area contributed by atoms with Gasteiger partial charge in [0.05, 0.1) is 59.0 Å². The van der Waals surface area contributed by atoms with Gasteiger partial charge in [-0.25, -0.2) is 0 Å². The molecule has 5 heterocycles. The summed E-state index contributed by atoms with van der Waals surface area (Å²) >= 11 is 9.44. The number of carboxylic acid groups (broad SMARTS) is 5. The first-order chi connectivity index (χ1) is 71.0. The fourth-order valence-electron chi connectivity index (χ4n) is 17.2. The fraction of sp³-hybridized carbons (Fsp3) is 0.604. The molecule has 0 aliphatic carbocycles. The molecule has 2 saturated heterocycles. The molecule has 837 valence electrons. The molecule has 10 atom stereocenters. The van der Waals surface area contributed by atoms with Gasteiger partial charge in [-0.3, -0.25) is 106 Å². The molecule has 49 heteroatoms. The zero-order valence-corrected chi connectivity index (χ0v) is 90.3. The zero-order chi connectivity index (χ0) is 109. The zero-order valence-electron chi connectivity index (χ0n) is 86.2. The van der Waals surface area contributed by atoms with Gasteiger partial charge in [-0.15, -0.1) is 0 Å². The Morgan fingerprint density at radius 1 is 0.520 bits per heavy atom. The van der Waals surface area contributed by atoms with Crippen LogP contribution in [-0.4, -0.2) is 382 Å². The van der Waals surface area contributed by atoms with Crippen molar-refractivity contribution in [2.45, 2.75) is 217 Å². The van der Waals surface area contributed by atoms with Crippen LogP contribution in [-0.2, 0) is 125 Å². The number of halogens is 1. The summed E-state index contributed by atoms with van der Waals surface area (Å²) in [7, 11) is 0. The maximum atomic E-state index is 15.7. The second-order valence-corrected chi connectivity index (χ2v) is 41.5. The molecule has 0 unspecified atom stereocenters. The number of hydrogen-bond donors (Lipinski definition) is 19. The molecule has 45 nitrogen and oxygen atoms in total. The van der Waals surface area contributed by atoms with Gasteiger partial charge in [0.25, 0.3) is 0 Å². The van der Waals surface area contributed by atoms with Crippen molar-refractivity contribution in [3.63, 3.8) is 0 Å². The van der Waals surface area contributed by atoms with Crippen molar-refractivity contribution >= 4 is 164 Å². The number of aromatic amines is 2. The first-order valence-corrected chi connectivity index (χ1v) is 53.3. The Morgan fingerprint density at radius 2 is 1.05 bits per heavy atom. The van der Waals surface area contributed by atoms with E-state index in [4.69, 9.17) is 25.8 Å². The number of carboxylic acids is 5. The third kappa shape index (κ3) is 44.8. The number of nitrogens with zero attached hydrogens (tertiary/aromatic N) is 5. The molecule has 19 N–H and O–H groups in total. The maximum absolute atomic E-state index is 15.7. The van der Waals surface area contributed by atoms with Crippen LogP contribution in [0.25, 0.3) is 21.8 Å². The van der Waals surface area contributed by atoms with Crippen molar-refractivity contribution in [3.8, 4) is 0 Å². The number of carbonyl (C=O) groups excluding carboxylic acids is 13. The van der Waals surface area contributed by atoms with Gasteiger partial charge in [0.15, 0.2) is 0 Å². The number of thioether (sulfide) groups is 2. The molecule has 0 saturated carbocycles. The number of nitrogens with one attached hydrogen (secondary N) is 14. The van der Waals surface area contributed by atoms with Crippen LogP contribution >= 0.6 is 35.1 Å². The van der Waals surface area contributed by atoms with E-state index in [1.807, 2.05) is 56.9 Å². The number of rotatable bonds is 52. The second kappa shape index (κ2) is 65.5. The molecule has 150 heavy (non-hydrogen) atoms. The van der Waals surface area contributed by atoms with Crippen molar-refractivity contribution in [3.05, 3.63) is 106 Å². The van der Waals surface area contributed by atoms with Gasteiger partial charge in [0.2, 0.25) is 76.8 Å². The number of fused-ring (bicyclic) bond motifs is 4. The number of benzene rings is 3. The molecule has 2 bridgehead atoms. The average Bonchev–Trinajstić information content (AvgIpc) is 1.63. The summed E-state index contributed by atoms with van der Waals surface area (Å²) in [5.74, 6) is -15.5. The number of aliphatic carboxylic acids is 5. The largest absolute Gasteiger partial charge is 0.481 e. The van der Waals surface area contributed by atoms with Crippen LogP contribution in [0, 0.1) is 54.6 Å². The van der Waals surface area contributed by atoms with Gasteiger partial charge in [-0.1, -0.05) is 102 Å². The Labute approximate surface area is 915 Å². The van der Waals surface area contributed by atoms with Gasteiger partial charge in [0, 0.05) is 223 Å². The Hall–Kier alpha value is -10.9. The first kappa shape index (κ1) is 126. The molecular weight excluding hydrogens is 2170 g/mol. The predicted molar refractivity (Wildman–Crippen MR) is 556 cm³/mol. The van der Waals surface area contributed by atoms with Gasteiger partial charge in [-0.05, 0) is 123 Å². The minimum absolute atomic E-state index is 0. The summed E-state index contributed by atoms with van der Waals surface area (Å²) in [4.78, 5) is 262. The standard InChI is InChI=1S/C101H148ClN19O26S2.Lu/c1-9-64(6)90-98(142)105-29-45-148-59-65-16-12-17-66(48-65)60-149-61-80(96(140)116-101(7,8)100(144)114-76(47-63(4)5)95(139)115-90)113-92(136)75(46-62(2)3)110-91(135)74(23-26-85(125)126)109-97(141)81-20-13-30-121(81)99(143)79(50-68-54-107-73-22-21-69(102)51-71(68)73)112-93(137)77(49-67-53-106-72-19-11-10-18-70(67)72)111-94(138)78(52-86(127)128)108-83(123)25-24-82(122)103-27-14-39-145-41-43-147-44-42-146-40-15-28-104-84(124)55-117-31-33-118(56-87(129)130)35-37-120(58-89(133)134)38-36-119(34-32-117)57-88(131)132;/h10-12,16-19,21-22,48,51,53-54,62-64,74-81,90,106-107H,9,13-15,20,23-47,49-50,52,55-61H2,1-8H3,(H,103,122)(H,104,124)(H,105,142)(H,108,123)(H,109,141)(H,110,135)(H,111,138)(H,112,137)(H,113,136)(H,114,144)(H,115,139)(H,116,140)(H,125,126)(H,127,128)(H,129,130)(H,131,132)(H,133,134);/t64-,74-,75+,76-,77-,78-,79-,80-,81-,90-;/m0./s1. The van der Waals surface area contributed by atoms with Gasteiger partial charge in [-0.2, -0.15) is 23.5 Å². The second-order valence-electron chi connectivity index (χ2n) is 38.9. The number of para-hydroxylation sites is 1. The maximum Gasteiger partial charge on any atom is 0.317 e. The number of H-pyrrole nitrogens is 2. The summed E-state index contributed by atoms with van der Waals surface area (Å²) in [5, 5.41) is 83.3. The van der Waals surface area contributed by atoms with E-state index in [0.29, 0.717) is 107 Å². The number of amides is 13. The van der Waals surface area contributed by atoms with Crippen molar-refractivity contribution in [1.82, 2.24) is 98.3 Å². The van der Waals surface area contributed by atoms with Crippen molar-refractivity contribution < 1.29 is 163 Å². The molecule has 0 spiro atoms. The monoisotopic (exact) mass is 2320 g/mol. The minimum atomic E-state index is -1.84. The van der Waals surface area contributed by atoms with Gasteiger partial charge < -0.3 is 118 Å². The summed E-state index contributed by atoms with van der Waals surface area (Å²) in [6, 6.07) is 6.61. The molecule has 5 aromatic rings. The molecular formula is C101H148ClLuN19O26S2. The SMILES string of the molecule is CC[C@H](C)[C@@H]1NC(=O)[C@H](CC(C)C)NC(=O)C(C)(C)NC(=O)[C@@H](NC(=O)[C@@H](CC(C)C)NC(=O)[C@H](CCC(=O)O)NC(=O)[C@@H]2CCCN2C(=O)[C@H](Cc2c[nH]c3ccc(Cl)cc23)NC(=O)[C@H](Cc2c[nH]c3ccccc23)NC(=O)[C@H](CC(=O)O)NC(=O)CCC(=O)NCCCOCCOCCOCCCNC(=O)CN2CCN(CC(=O)O)CCN(CC(=O)O)CCN(CC(=O)O)CC2)CSCc2cccc(c2)CSCCNC1=O.[Lu]. The number of ether oxygens (including phenoxy) is 3. The summed E-state index contributed by atoms with van der Waals surface area (Å²) in [6.45, 7) is 17.1. The Bertz CT molecular complexity index is 5320. The van der Waals surface area contributed by atoms with E-state index in [-0.39, 0.29) is 229 Å². The smallest absolute Gasteiger partial charge is 0.317 e. The van der Waals surface area contributed by atoms with Crippen molar-refractivity contribution in [2.24, 2.45) is 17.8 Å². The van der Waals surface area contributed by atoms with E-state index in [0.717, 1.165) is 11.1 Å². The van der Waals surface area contributed by atoms with Crippen molar-refractivity contribution in [1.29, 1.82) is 0 Å². The third-order valence-electron chi connectivity index (χ3n) is 25.4. The Morgan fingerprint density at radius 3 is 1.63 bits per heavy atom. The minimum Gasteiger partial charge on any atom is -0.481 e. The quantitative estimate of drug-likeness (QED) is 0.0247. The van der Waals surface area contributed by atoms with Crippen LogP contribution in [0.3, 0.4) is 0 Å². The van der Waals surface area contributed by atoms with E-state index in [1.165, 1.54) is 30.5 Å². The molecule has 2 aromatic heterocycles. The number of likely N-dealkylation sites (tertiary alicyclic amines) is 1. The number of hydrogen-bond acceptors (Lipinski definition) is 27. The molecule has 2 fully saturated rings. The molecule has 1 radical (unpaired) electrons. The summed E-state index contributed by atoms with van der Waals surface area (Å²) in [6.07, 6.45) is 1.13. The normalized spacial score (nSPS) is 18.6. The van der Waals surface area contributed by atoms with E-state index in [9.17, 15) is 92.7 Å². The van der Waals surface area contributed by atoms with Crippen LogP contribution < -0.4 is 63.8 Å². The van der Waals surface area contributed by atoms with E-state index in [1.54, 1.807) is 95.2 Å². The molecule has 3 aromatic carbocycles. The molecule has 8 rings (SSSR count). The van der Waals surface area contributed by atoms with E-state index >= 15 is 19.2 Å². The van der Waals surface area contributed by atoms with Gasteiger partial charge >= 0.3 is 29.8 Å². The fourth-order valence-corrected chi connectivity index (χ4v) is 19.2. The number of carbonyl (C=O) groups is 18. The van der Waals surface area contributed by atoms with Crippen molar-refractivity contribution in [2.75, 3.05) is 156 Å². The van der Waals surface area contributed by atoms with Crippen LogP contribution in [0.5, 0.6) is 0 Å². The Balaban J connectivity index is 0.0000304. The molecule has 13 amide bonds. The molecule has 3 aliphatic heterocycles. The summed E-state index contributed by atoms with van der Waals surface area (Å²) in [5.41, 5.74) is 2.26. The predicted octanol–water partition coefficient (Wildman–Crippen LogP) is 1.94. The van der Waals surface area contributed by atoms with E-state index < -0.39 is 180 Å². The first-order valence-electron chi connectivity index (χ1n) is 50.6. The van der Waals surface area contributed by atoms with Crippen LogP contribution in [0.1, 0.15) is 155 Å². The van der Waals surface area contributed by atoms with Crippen LogP contribution in [0.15, 0.2) is 79.1 Å². The molecule has 3 aliphatic rings. The third-order valence-corrected chi connectivity index (χ3v) is 27.8. The van der Waals surface area contributed by atoms with E-state index in [2.05, 4.69) is 73.8 Å². The van der Waals surface area contributed by atoms with Crippen LogP contribution in [0.4, 0.5) is 0 Å². The Kier molecular flexibility index (Phi) is 55.1. The summed E-state index contributed by atoms with van der Waals surface area (Å²) < 4.78 is 16.9. The topological polar surface area (TPSA) is 628 Å². The average molecular weight is 2320 g/mol. The number of aromatic nitrogens is 2.